The fourth-order valence-corrected chi connectivity index (χ4v) is 4.97. The second-order valence-electron chi connectivity index (χ2n) is 10.8. The molecule has 0 aliphatic rings. The number of aliphatic carboxylic acids is 1. The quantitative estimate of drug-likeness (QED) is 0.0481. The second kappa shape index (κ2) is 18.3. The summed E-state index contributed by atoms with van der Waals surface area (Å²) >= 11 is 17.3. The van der Waals surface area contributed by atoms with Crippen molar-refractivity contribution in [3.05, 3.63) is 108 Å². The van der Waals surface area contributed by atoms with Crippen LogP contribution in [0.15, 0.2) is 53.3 Å². The largest absolute Gasteiger partial charge is 0.480 e. The molecule has 0 saturated heterocycles. The molecule has 2 unspecified atom stereocenters. The molecule has 23 heteroatoms. The molecule has 0 fully saturated rings. The van der Waals surface area contributed by atoms with E-state index in [4.69, 9.17) is 54.1 Å². The lowest BCUT2D eigenvalue weighted by molar-refractivity contribution is -0.385. The molecule has 1 heterocycles. The van der Waals surface area contributed by atoms with E-state index in [9.17, 15) is 55.6 Å². The maximum absolute atomic E-state index is 14.1. The first-order chi connectivity index (χ1) is 25.6. The highest BCUT2D eigenvalue weighted by Crippen LogP contribution is 2.37. The summed E-state index contributed by atoms with van der Waals surface area (Å²) in [4.78, 5) is 57.2. The van der Waals surface area contributed by atoms with Crippen LogP contribution in [0.2, 0.25) is 10.0 Å². The van der Waals surface area contributed by atoms with Crippen LogP contribution in [0.4, 0.5) is 32.0 Å². The summed E-state index contributed by atoms with van der Waals surface area (Å²) in [6.07, 6.45) is -6.20. The van der Waals surface area contributed by atoms with Crippen LogP contribution in [0.5, 0.6) is 11.5 Å². The Morgan fingerprint density at radius 3 is 2.24 bits per heavy atom. The zero-order valence-electron chi connectivity index (χ0n) is 28.1. The Balaban J connectivity index is 0.000000305. The third-order valence-electron chi connectivity index (χ3n) is 6.96. The molecular weight excluding hydrogens is 821 g/mol. The number of benzene rings is 3. The van der Waals surface area contributed by atoms with Gasteiger partial charge in [-0.1, -0.05) is 23.2 Å². The molecule has 1 aromatic heterocycles. The van der Waals surface area contributed by atoms with E-state index in [2.05, 4.69) is 5.10 Å². The molecule has 1 N–H and O–H groups in total. The van der Waals surface area contributed by atoms with Gasteiger partial charge in [0.05, 0.1) is 22.1 Å². The van der Waals surface area contributed by atoms with E-state index in [1.165, 1.54) is 6.92 Å². The lowest BCUT2D eigenvalue weighted by atomic mass is 10.1. The Labute approximate surface area is 319 Å². The number of nitro benzene ring substituents is 1. The number of hydrogen-bond donors (Lipinski definition) is 1. The average Bonchev–Trinajstić information content (AvgIpc) is 3.39. The number of esters is 2. The van der Waals surface area contributed by atoms with E-state index in [-0.39, 0.29) is 50.5 Å². The van der Waals surface area contributed by atoms with Gasteiger partial charge in [0, 0.05) is 23.6 Å². The maximum atomic E-state index is 14.1. The monoisotopic (exact) mass is 844 g/mol. The Morgan fingerprint density at radius 1 is 1.05 bits per heavy atom. The van der Waals surface area contributed by atoms with Crippen LogP contribution >= 0.6 is 34.8 Å². The van der Waals surface area contributed by atoms with Crippen molar-refractivity contribution in [2.75, 3.05) is 6.61 Å². The first-order valence-corrected chi connectivity index (χ1v) is 16.3. The molecule has 3 aromatic carbocycles. The number of nitro groups is 1. The van der Waals surface area contributed by atoms with Gasteiger partial charge in [-0.2, -0.15) is 26.6 Å². The van der Waals surface area contributed by atoms with Crippen molar-refractivity contribution in [2.45, 2.75) is 51.4 Å². The molecule has 55 heavy (non-hydrogen) atoms. The summed E-state index contributed by atoms with van der Waals surface area (Å²) in [6, 6.07) is 7.26. The number of aromatic nitrogens is 3. The van der Waals surface area contributed by atoms with Gasteiger partial charge in [-0.25, -0.2) is 23.3 Å². The van der Waals surface area contributed by atoms with Crippen molar-refractivity contribution in [3.8, 4) is 17.2 Å². The number of nitrogens with zero attached hydrogens (tertiary/aromatic N) is 4. The third kappa shape index (κ3) is 11.1. The lowest BCUT2D eigenvalue weighted by Crippen LogP contribution is -2.26. The van der Waals surface area contributed by atoms with Gasteiger partial charge in [-0.15, -0.1) is 16.7 Å². The van der Waals surface area contributed by atoms with E-state index in [1.54, 1.807) is 6.92 Å². The predicted molar refractivity (Wildman–Crippen MR) is 181 cm³/mol. The molecule has 0 radical (unpaired) electrons. The summed E-state index contributed by atoms with van der Waals surface area (Å²) in [5.74, 6) is -4.96. The summed E-state index contributed by atoms with van der Waals surface area (Å²) in [5, 5.41) is 21.8. The molecule has 0 amide bonds. The van der Waals surface area contributed by atoms with Crippen LogP contribution in [-0.4, -0.2) is 60.4 Å². The Kier molecular flexibility index (Phi) is 14.7. The molecule has 0 aliphatic carbocycles. The van der Waals surface area contributed by atoms with E-state index in [1.807, 2.05) is 0 Å². The van der Waals surface area contributed by atoms with Crippen molar-refractivity contribution in [2.24, 2.45) is 0 Å². The fraction of sp³-hybridized carbons (Fsp3) is 0.281. The van der Waals surface area contributed by atoms with Crippen LogP contribution in [0, 0.1) is 22.9 Å². The topological polar surface area (TPSA) is 182 Å². The number of rotatable bonds is 12. The highest BCUT2D eigenvalue weighted by Gasteiger charge is 2.32. The van der Waals surface area contributed by atoms with Crippen molar-refractivity contribution < 1.29 is 65.0 Å². The van der Waals surface area contributed by atoms with Crippen molar-refractivity contribution in [1.29, 1.82) is 0 Å². The number of carbonyl (C=O) groups excluding carboxylic acids is 2. The second-order valence-corrected chi connectivity index (χ2v) is 12.1. The van der Waals surface area contributed by atoms with E-state index in [0.29, 0.717) is 10.7 Å². The molecular formula is C32H25Cl3F6N4O10. The SMILES string of the molecule is CCOC(=O)C(C)OC(=O)c1cc(Oc2ccc(C(F)(F)F)cc2Cl)ccc1[N+](=O)[O-].Cc1nn(-c2cc(CC(Cl)C(=O)O)c(Cl)cc2F)c(=O)n1C(F)F. The number of carboxylic acids is 1. The Hall–Kier alpha value is -5.34. The smallest absolute Gasteiger partial charge is 0.416 e. The normalized spacial score (nSPS) is 12.3. The third-order valence-corrected chi connectivity index (χ3v) is 7.95. The molecule has 0 aliphatic heterocycles. The molecule has 2 atom stereocenters. The van der Waals surface area contributed by atoms with Gasteiger partial charge in [0.1, 0.15) is 34.0 Å². The number of carboxylic acid groups (broad SMARTS) is 1. The zero-order valence-corrected chi connectivity index (χ0v) is 30.3. The van der Waals surface area contributed by atoms with Gasteiger partial charge in [0.25, 0.3) is 5.69 Å². The fourth-order valence-electron chi connectivity index (χ4n) is 4.36. The molecule has 0 bridgehead atoms. The molecule has 0 saturated carbocycles. The molecule has 296 valence electrons. The molecule has 4 aromatic rings. The van der Waals surface area contributed by atoms with Crippen molar-refractivity contribution in [1.82, 2.24) is 14.3 Å². The van der Waals surface area contributed by atoms with Crippen LogP contribution in [0.3, 0.4) is 0 Å². The van der Waals surface area contributed by atoms with Crippen molar-refractivity contribution >= 4 is 58.4 Å². The number of ether oxygens (including phenoxy) is 3. The van der Waals surface area contributed by atoms with Crippen LogP contribution in [0.25, 0.3) is 5.69 Å². The minimum Gasteiger partial charge on any atom is -0.480 e. The maximum Gasteiger partial charge on any atom is 0.416 e. The number of carbonyl (C=O) groups is 3. The van der Waals surface area contributed by atoms with Gasteiger partial charge in [-0.3, -0.25) is 14.9 Å². The standard InChI is InChI=1S/C19H15ClF3NO7.C13H10Cl2F3N3O3/c1-3-29-17(25)10(2)30-18(26)13-9-12(5-6-15(13)24(27)28)31-16-7-4-11(8-14(16)20)19(21,22)23;1-5-19-21(13(24)20(5)12(17)18)10-3-6(2-8(15)11(22)23)7(14)4-9(10)16/h4-10H,3H2,1-2H3;3-4,8,12H,2H2,1H3,(H,22,23). The van der Waals surface area contributed by atoms with Gasteiger partial charge >= 0.3 is 36.3 Å². The number of aryl methyl sites for hydroxylation is 1. The van der Waals surface area contributed by atoms with Crippen LogP contribution in [-0.2, 0) is 31.7 Å². The van der Waals surface area contributed by atoms with Gasteiger partial charge < -0.3 is 19.3 Å². The van der Waals surface area contributed by atoms with Gasteiger partial charge in [0.2, 0.25) is 0 Å². The van der Waals surface area contributed by atoms with Crippen molar-refractivity contribution in [3.63, 3.8) is 0 Å². The van der Waals surface area contributed by atoms with Gasteiger partial charge in [-0.05, 0) is 62.7 Å². The first kappa shape index (κ1) is 44.1. The average molecular weight is 846 g/mol. The summed E-state index contributed by atoms with van der Waals surface area (Å²) in [6.45, 7) is 0.838. The Morgan fingerprint density at radius 2 is 1.71 bits per heavy atom. The summed E-state index contributed by atoms with van der Waals surface area (Å²) in [7, 11) is 0. The molecule has 4 rings (SSSR count). The predicted octanol–water partition coefficient (Wildman–Crippen LogP) is 7.93. The highest BCUT2D eigenvalue weighted by atomic mass is 35.5. The van der Waals surface area contributed by atoms with Crippen LogP contribution < -0.4 is 10.4 Å². The van der Waals surface area contributed by atoms with E-state index in [0.717, 1.165) is 49.4 Å². The first-order valence-electron chi connectivity index (χ1n) is 15.1. The zero-order chi connectivity index (χ0) is 41.5. The van der Waals surface area contributed by atoms with Gasteiger partial charge in [0.15, 0.2) is 11.9 Å². The summed E-state index contributed by atoms with van der Waals surface area (Å²) < 4.78 is 93.5. The van der Waals surface area contributed by atoms with E-state index >= 15 is 0 Å². The number of hydrogen-bond acceptors (Lipinski definition) is 10. The Bertz CT molecular complexity index is 2160. The molecule has 14 nitrogen and oxygen atoms in total. The molecule has 0 spiro atoms. The van der Waals surface area contributed by atoms with E-state index < -0.39 is 81.0 Å². The summed E-state index contributed by atoms with van der Waals surface area (Å²) in [5.41, 5.74) is -3.71. The van der Waals surface area contributed by atoms with Crippen LogP contribution in [0.1, 0.15) is 47.7 Å². The highest BCUT2D eigenvalue weighted by molar-refractivity contribution is 6.32. The number of alkyl halides is 6. The minimum absolute atomic E-state index is 0.0398. The lowest BCUT2D eigenvalue weighted by Gasteiger charge is -2.13. The minimum atomic E-state index is -4.61. The number of halogens is 9.